The van der Waals surface area contributed by atoms with Gasteiger partial charge in [0.15, 0.2) is 19.4 Å². The number of carbonyl (C=O) groups excluding carboxylic acids is 3. The number of nitrogens with zero attached hydrogens (tertiary/aromatic N) is 2. The highest BCUT2D eigenvalue weighted by molar-refractivity contribution is 6.12. The summed E-state index contributed by atoms with van der Waals surface area (Å²) in [4.78, 5) is 58.0. The predicted molar refractivity (Wildman–Crippen MR) is 182 cm³/mol. The summed E-state index contributed by atoms with van der Waals surface area (Å²) in [5.41, 5.74) is 3.18. The van der Waals surface area contributed by atoms with Gasteiger partial charge >= 0.3 is 12.1 Å². The van der Waals surface area contributed by atoms with E-state index in [9.17, 15) is 24.3 Å². The molecule has 4 aromatic rings. The van der Waals surface area contributed by atoms with E-state index in [2.05, 4.69) is 10.3 Å². The summed E-state index contributed by atoms with van der Waals surface area (Å²) in [6.45, 7) is 3.76. The minimum Gasteiger partial charge on any atom is -0.467 e. The van der Waals surface area contributed by atoms with Crippen LogP contribution in [0.3, 0.4) is 0 Å². The molecule has 1 aliphatic heterocycles. The average Bonchev–Trinajstić information content (AvgIpc) is 3.31. The Bertz CT molecular complexity index is 1850. The molecular formula is C37H39N3O10. The molecule has 5 rings (SSSR count). The molecule has 0 unspecified atom stereocenters. The van der Waals surface area contributed by atoms with Crippen LogP contribution in [0.2, 0.25) is 0 Å². The van der Waals surface area contributed by atoms with Crippen molar-refractivity contribution >= 4 is 34.7 Å². The number of ketones is 1. The van der Waals surface area contributed by atoms with Gasteiger partial charge in [-0.2, -0.15) is 0 Å². The maximum atomic E-state index is 13.6. The van der Waals surface area contributed by atoms with E-state index in [1.165, 1.54) is 43.4 Å². The molecular weight excluding hydrogens is 646 g/mol. The normalized spacial score (nSPS) is 16.0. The molecule has 262 valence electrons. The number of likely N-dealkylation sites (tertiary alicyclic amines) is 1. The van der Waals surface area contributed by atoms with Gasteiger partial charge in [0, 0.05) is 50.0 Å². The first kappa shape index (κ1) is 35.8. The van der Waals surface area contributed by atoms with Crippen molar-refractivity contribution in [3.63, 3.8) is 0 Å². The van der Waals surface area contributed by atoms with E-state index in [1.807, 2.05) is 19.9 Å². The molecule has 0 bridgehead atoms. The van der Waals surface area contributed by atoms with Crippen molar-refractivity contribution in [1.82, 2.24) is 15.2 Å². The second kappa shape index (κ2) is 16.2. The highest BCUT2D eigenvalue weighted by Gasteiger charge is 2.34. The predicted octanol–water partition coefficient (Wildman–Crippen LogP) is 5.15. The number of rotatable bonds is 12. The molecule has 0 radical (unpaired) electrons. The van der Waals surface area contributed by atoms with Crippen molar-refractivity contribution in [2.45, 2.75) is 38.8 Å². The van der Waals surface area contributed by atoms with Gasteiger partial charge in [-0.15, -0.1) is 0 Å². The third-order valence-corrected chi connectivity index (χ3v) is 8.34. The molecule has 3 aromatic carbocycles. The molecule has 1 fully saturated rings. The summed E-state index contributed by atoms with van der Waals surface area (Å²) in [5, 5.41) is 13.4. The summed E-state index contributed by atoms with van der Waals surface area (Å²) in [5.74, 6) is -0.537. The number of hydrogen-bond donors (Lipinski definition) is 2. The lowest BCUT2D eigenvalue weighted by molar-refractivity contribution is 0.0179. The fourth-order valence-corrected chi connectivity index (χ4v) is 5.90. The molecule has 0 aliphatic carbocycles. The SMILES string of the molecule is COCOc1cc2cccnc2cc1C(=O)c1ccc(C(=O)O[C@@H]2CCCN(C(=O)O)C[C@H]2NC(=O)c2cc(C)c(OCOC)c(C)c2)cc1. The summed E-state index contributed by atoms with van der Waals surface area (Å²) in [6.07, 6.45) is 0.408. The van der Waals surface area contributed by atoms with E-state index in [4.69, 9.17) is 23.7 Å². The van der Waals surface area contributed by atoms with Crippen molar-refractivity contribution in [3.8, 4) is 11.5 Å². The van der Waals surface area contributed by atoms with Crippen molar-refractivity contribution < 1.29 is 48.0 Å². The fraction of sp³-hybridized carbons (Fsp3) is 0.324. The quantitative estimate of drug-likeness (QED) is 0.115. The molecule has 2 amide bonds. The van der Waals surface area contributed by atoms with Crippen molar-refractivity contribution in [3.05, 3.63) is 100 Å². The van der Waals surface area contributed by atoms with Crippen LogP contribution in [0.25, 0.3) is 10.9 Å². The first-order valence-corrected chi connectivity index (χ1v) is 16.0. The minimum absolute atomic E-state index is 0.0549. The lowest BCUT2D eigenvalue weighted by Crippen LogP contribution is -2.51. The van der Waals surface area contributed by atoms with E-state index < -0.39 is 30.1 Å². The highest BCUT2D eigenvalue weighted by atomic mass is 16.7. The van der Waals surface area contributed by atoms with Gasteiger partial charge in [0.25, 0.3) is 5.91 Å². The third-order valence-electron chi connectivity index (χ3n) is 8.34. The highest BCUT2D eigenvalue weighted by Crippen LogP contribution is 2.29. The van der Waals surface area contributed by atoms with Gasteiger partial charge in [0.1, 0.15) is 17.6 Å². The van der Waals surface area contributed by atoms with Crippen LogP contribution < -0.4 is 14.8 Å². The summed E-state index contributed by atoms with van der Waals surface area (Å²) in [7, 11) is 3.00. The second-order valence-electron chi connectivity index (χ2n) is 11.9. The number of esters is 1. The van der Waals surface area contributed by atoms with Crippen molar-refractivity contribution in [2.75, 3.05) is 40.9 Å². The first-order chi connectivity index (χ1) is 24.1. The van der Waals surface area contributed by atoms with Crippen LogP contribution in [0.5, 0.6) is 11.5 Å². The van der Waals surface area contributed by atoms with E-state index in [0.29, 0.717) is 41.0 Å². The maximum absolute atomic E-state index is 13.6. The Morgan fingerprint density at radius 3 is 2.26 bits per heavy atom. The lowest BCUT2D eigenvalue weighted by atomic mass is 9.99. The molecule has 2 heterocycles. The number of carboxylic acid groups (broad SMARTS) is 1. The number of methoxy groups -OCH3 is 2. The number of aryl methyl sites for hydroxylation is 2. The number of aromatic nitrogens is 1. The van der Waals surface area contributed by atoms with Gasteiger partial charge < -0.3 is 39.0 Å². The average molecular weight is 686 g/mol. The molecule has 1 saturated heterocycles. The van der Waals surface area contributed by atoms with Gasteiger partial charge in [-0.3, -0.25) is 14.6 Å². The van der Waals surface area contributed by atoms with Crippen LogP contribution in [-0.2, 0) is 14.2 Å². The smallest absolute Gasteiger partial charge is 0.407 e. The van der Waals surface area contributed by atoms with Crippen molar-refractivity contribution in [2.24, 2.45) is 0 Å². The number of hydrogen-bond acceptors (Lipinski definition) is 10. The van der Waals surface area contributed by atoms with Gasteiger partial charge in [0.05, 0.1) is 22.7 Å². The van der Waals surface area contributed by atoms with Crippen LogP contribution in [0.4, 0.5) is 4.79 Å². The first-order valence-electron chi connectivity index (χ1n) is 16.0. The molecule has 0 saturated carbocycles. The Hall–Kier alpha value is -5.53. The summed E-state index contributed by atoms with van der Waals surface area (Å²) >= 11 is 0. The van der Waals surface area contributed by atoms with Crippen LogP contribution in [0, 0.1) is 13.8 Å². The van der Waals surface area contributed by atoms with Crippen molar-refractivity contribution in [1.29, 1.82) is 0 Å². The van der Waals surface area contributed by atoms with E-state index in [0.717, 1.165) is 16.5 Å². The molecule has 1 aliphatic rings. The number of nitrogens with one attached hydrogen (secondary N) is 1. The number of benzene rings is 3. The Kier molecular flexibility index (Phi) is 11.6. The van der Waals surface area contributed by atoms with Gasteiger partial charge in [-0.05, 0) is 80.3 Å². The molecule has 13 nitrogen and oxygen atoms in total. The molecule has 50 heavy (non-hydrogen) atoms. The maximum Gasteiger partial charge on any atom is 0.407 e. The standard InChI is InChI=1S/C37H39N3O10/c1-22-15-27(16-23(2)34(22)49-21-47-4)35(42)39-30-19-40(37(44)45)14-6-8-31(30)50-36(43)25-11-9-24(10-12-25)33(41)28-18-29-26(7-5-13-38-29)17-32(28)48-20-46-3/h5,7,9-13,15-18,30-31H,6,8,14,19-21H2,1-4H3,(H,39,42)(H,44,45)/t30-,31-/m1/s1. The van der Waals surface area contributed by atoms with Gasteiger partial charge in [0.2, 0.25) is 0 Å². The zero-order valence-corrected chi connectivity index (χ0v) is 28.3. The number of ether oxygens (including phenoxy) is 5. The fourth-order valence-electron chi connectivity index (χ4n) is 5.90. The van der Waals surface area contributed by atoms with Gasteiger partial charge in [-0.1, -0.05) is 18.2 Å². The molecule has 1 aromatic heterocycles. The Morgan fingerprint density at radius 2 is 1.58 bits per heavy atom. The zero-order valence-electron chi connectivity index (χ0n) is 28.3. The topological polar surface area (TPSA) is 163 Å². The van der Waals surface area contributed by atoms with E-state index in [1.54, 1.807) is 36.5 Å². The molecule has 2 atom stereocenters. The third kappa shape index (κ3) is 8.36. The summed E-state index contributed by atoms with van der Waals surface area (Å²) in [6, 6.07) is 15.5. The van der Waals surface area contributed by atoms with E-state index in [-0.39, 0.29) is 43.6 Å². The molecule has 2 N–H and O–H groups in total. The van der Waals surface area contributed by atoms with Crippen LogP contribution >= 0.6 is 0 Å². The number of pyridine rings is 1. The zero-order chi connectivity index (χ0) is 35.8. The Balaban J connectivity index is 1.33. The second-order valence-corrected chi connectivity index (χ2v) is 11.9. The van der Waals surface area contributed by atoms with E-state index >= 15 is 0 Å². The van der Waals surface area contributed by atoms with Gasteiger partial charge in [-0.25, -0.2) is 9.59 Å². The van der Waals surface area contributed by atoms with Crippen LogP contribution in [0.15, 0.2) is 66.9 Å². The molecule has 0 spiro atoms. The monoisotopic (exact) mass is 685 g/mol. The van der Waals surface area contributed by atoms with Crippen LogP contribution in [0.1, 0.15) is 60.6 Å². The Labute approximate surface area is 289 Å². The lowest BCUT2D eigenvalue weighted by Gasteiger charge is -2.28. The minimum atomic E-state index is -1.14. The van der Waals surface area contributed by atoms with Crippen LogP contribution in [-0.4, -0.2) is 91.8 Å². The number of fused-ring (bicyclic) bond motifs is 1. The number of carbonyl (C=O) groups is 4. The number of amides is 2. The summed E-state index contributed by atoms with van der Waals surface area (Å²) < 4.78 is 27.3. The Morgan fingerprint density at radius 1 is 0.900 bits per heavy atom. The largest absolute Gasteiger partial charge is 0.467 e. The molecule has 13 heteroatoms.